The normalized spacial score (nSPS) is 12.5. The third-order valence-electron chi connectivity index (χ3n) is 4.04. The van der Waals surface area contributed by atoms with Gasteiger partial charge in [-0.1, -0.05) is 19.9 Å². The van der Waals surface area contributed by atoms with Gasteiger partial charge in [0.05, 0.1) is 19.3 Å². The third-order valence-corrected chi connectivity index (χ3v) is 4.04. The van der Waals surface area contributed by atoms with E-state index in [1.54, 1.807) is 14.2 Å². The summed E-state index contributed by atoms with van der Waals surface area (Å²) in [5.74, 6) is 1.43. The molecule has 1 heterocycles. The average Bonchev–Trinajstić information content (AvgIpc) is 2.62. The Bertz CT molecular complexity index is 494. The molecule has 0 aliphatic carbocycles. The van der Waals surface area contributed by atoms with Crippen molar-refractivity contribution in [2.45, 2.75) is 46.2 Å². The molecule has 25 heavy (non-hydrogen) atoms. The second-order valence-electron chi connectivity index (χ2n) is 5.81. The summed E-state index contributed by atoms with van der Waals surface area (Å²) in [6, 6.07) is 6.13. The van der Waals surface area contributed by atoms with Crippen molar-refractivity contribution >= 4 is 29.9 Å². The van der Waals surface area contributed by atoms with E-state index in [4.69, 9.17) is 4.74 Å². The van der Waals surface area contributed by atoms with Gasteiger partial charge in [-0.05, 0) is 45.5 Å². The molecule has 0 fully saturated rings. The fraction of sp³-hybridized carbons (Fsp3) is 0.667. The molecule has 144 valence electrons. The predicted octanol–water partition coefficient (Wildman–Crippen LogP) is 2.88. The van der Waals surface area contributed by atoms with E-state index in [2.05, 4.69) is 46.3 Å². The minimum absolute atomic E-state index is 0. The first-order chi connectivity index (χ1) is 11.6. The Hall–Kier alpha value is -1.09. The molecule has 1 unspecified atom stereocenters. The molecule has 0 spiro atoms. The molecule has 0 amide bonds. The van der Waals surface area contributed by atoms with Crippen LogP contribution in [0.1, 0.15) is 39.3 Å². The SMILES string of the molecule is CCN(CC)CCCC(C)NC(=NC)NCc1cccc(OC)n1.I. The third kappa shape index (κ3) is 9.84. The van der Waals surface area contributed by atoms with Crippen molar-refractivity contribution in [2.24, 2.45) is 4.99 Å². The first kappa shape index (κ1) is 23.9. The maximum absolute atomic E-state index is 5.15. The van der Waals surface area contributed by atoms with Crippen LogP contribution in [0.3, 0.4) is 0 Å². The number of halogens is 1. The Morgan fingerprint density at radius 2 is 2.04 bits per heavy atom. The number of methoxy groups -OCH3 is 1. The maximum Gasteiger partial charge on any atom is 0.213 e. The zero-order chi connectivity index (χ0) is 17.8. The van der Waals surface area contributed by atoms with Gasteiger partial charge in [-0.15, -0.1) is 24.0 Å². The van der Waals surface area contributed by atoms with Gasteiger partial charge in [0.15, 0.2) is 5.96 Å². The highest BCUT2D eigenvalue weighted by Crippen LogP contribution is 2.06. The van der Waals surface area contributed by atoms with E-state index in [0.29, 0.717) is 18.5 Å². The summed E-state index contributed by atoms with van der Waals surface area (Å²) in [5, 5.41) is 6.74. The van der Waals surface area contributed by atoms with Gasteiger partial charge >= 0.3 is 0 Å². The molecular formula is C18H34IN5O. The highest BCUT2D eigenvalue weighted by atomic mass is 127. The summed E-state index contributed by atoms with van der Waals surface area (Å²) in [6.45, 7) is 10.6. The van der Waals surface area contributed by atoms with Gasteiger partial charge in [0.2, 0.25) is 5.88 Å². The van der Waals surface area contributed by atoms with Crippen molar-refractivity contribution in [1.82, 2.24) is 20.5 Å². The Morgan fingerprint density at radius 1 is 1.32 bits per heavy atom. The van der Waals surface area contributed by atoms with E-state index in [9.17, 15) is 0 Å². The molecule has 2 N–H and O–H groups in total. The molecule has 6 nitrogen and oxygen atoms in total. The van der Waals surface area contributed by atoms with E-state index < -0.39 is 0 Å². The fourth-order valence-corrected chi connectivity index (χ4v) is 2.51. The number of aromatic nitrogens is 1. The number of rotatable bonds is 10. The summed E-state index contributed by atoms with van der Waals surface area (Å²) in [4.78, 5) is 11.1. The van der Waals surface area contributed by atoms with Crippen LogP contribution in [0.15, 0.2) is 23.2 Å². The van der Waals surface area contributed by atoms with Gasteiger partial charge in [0.1, 0.15) is 0 Å². The first-order valence-electron chi connectivity index (χ1n) is 8.82. The van der Waals surface area contributed by atoms with Crippen LogP contribution in [0.2, 0.25) is 0 Å². The molecular weight excluding hydrogens is 429 g/mol. The number of guanidine groups is 1. The van der Waals surface area contributed by atoms with Crippen LogP contribution in [-0.4, -0.2) is 55.7 Å². The quantitative estimate of drug-likeness (QED) is 0.318. The molecule has 0 saturated carbocycles. The van der Waals surface area contributed by atoms with Crippen molar-refractivity contribution in [3.8, 4) is 5.88 Å². The first-order valence-corrected chi connectivity index (χ1v) is 8.82. The zero-order valence-corrected chi connectivity index (χ0v) is 18.5. The highest BCUT2D eigenvalue weighted by molar-refractivity contribution is 14.0. The lowest BCUT2D eigenvalue weighted by molar-refractivity contribution is 0.292. The van der Waals surface area contributed by atoms with Crippen LogP contribution in [-0.2, 0) is 6.54 Å². The molecule has 0 aliphatic heterocycles. The monoisotopic (exact) mass is 463 g/mol. The van der Waals surface area contributed by atoms with Crippen molar-refractivity contribution in [2.75, 3.05) is 33.8 Å². The smallest absolute Gasteiger partial charge is 0.213 e. The number of nitrogens with zero attached hydrogens (tertiary/aromatic N) is 3. The van der Waals surface area contributed by atoms with Crippen molar-refractivity contribution < 1.29 is 4.74 Å². The number of aliphatic imine (C=N–C) groups is 1. The zero-order valence-electron chi connectivity index (χ0n) is 16.2. The molecule has 0 saturated heterocycles. The van der Waals surface area contributed by atoms with E-state index in [-0.39, 0.29) is 24.0 Å². The standard InChI is InChI=1S/C18H33N5O.HI/c1-6-23(7-2)13-9-10-15(3)21-18(19-4)20-14-16-11-8-12-17(22-16)24-5;/h8,11-12,15H,6-7,9-10,13-14H2,1-5H3,(H2,19,20,21);1H. The lowest BCUT2D eigenvalue weighted by Crippen LogP contribution is -2.42. The number of hydrogen-bond acceptors (Lipinski definition) is 4. The van der Waals surface area contributed by atoms with Gasteiger partial charge in [-0.3, -0.25) is 4.99 Å². The number of nitrogens with one attached hydrogen (secondary N) is 2. The van der Waals surface area contributed by atoms with Crippen LogP contribution in [0.5, 0.6) is 5.88 Å². The van der Waals surface area contributed by atoms with Gasteiger partial charge in [-0.2, -0.15) is 0 Å². The largest absolute Gasteiger partial charge is 0.481 e. The Labute approximate surface area is 169 Å². The minimum atomic E-state index is 0. The van der Waals surface area contributed by atoms with Crippen molar-refractivity contribution in [1.29, 1.82) is 0 Å². The number of hydrogen-bond donors (Lipinski definition) is 2. The topological polar surface area (TPSA) is 61.8 Å². The summed E-state index contributed by atoms with van der Waals surface area (Å²) < 4.78 is 5.15. The maximum atomic E-state index is 5.15. The molecule has 1 rings (SSSR count). The Kier molecular flexibility index (Phi) is 13.5. The second-order valence-corrected chi connectivity index (χ2v) is 5.81. The average molecular weight is 463 g/mol. The Morgan fingerprint density at radius 3 is 2.64 bits per heavy atom. The number of pyridine rings is 1. The predicted molar refractivity (Wildman–Crippen MR) is 116 cm³/mol. The minimum Gasteiger partial charge on any atom is -0.481 e. The number of ether oxygens (including phenoxy) is 1. The van der Waals surface area contributed by atoms with E-state index in [1.807, 2.05) is 18.2 Å². The summed E-state index contributed by atoms with van der Waals surface area (Å²) in [7, 11) is 3.41. The molecule has 0 radical (unpaired) electrons. The summed E-state index contributed by atoms with van der Waals surface area (Å²) in [5.41, 5.74) is 0.923. The highest BCUT2D eigenvalue weighted by Gasteiger charge is 2.07. The van der Waals surface area contributed by atoms with Crippen LogP contribution >= 0.6 is 24.0 Å². The van der Waals surface area contributed by atoms with Gasteiger partial charge < -0.3 is 20.3 Å². The lowest BCUT2D eigenvalue weighted by atomic mass is 10.2. The Balaban J connectivity index is 0.00000576. The molecule has 7 heteroatoms. The lowest BCUT2D eigenvalue weighted by Gasteiger charge is -2.21. The molecule has 0 aliphatic rings. The summed E-state index contributed by atoms with van der Waals surface area (Å²) in [6.07, 6.45) is 2.30. The van der Waals surface area contributed by atoms with Gasteiger partial charge in [-0.25, -0.2) is 4.98 Å². The van der Waals surface area contributed by atoms with Crippen molar-refractivity contribution in [3.63, 3.8) is 0 Å². The van der Waals surface area contributed by atoms with E-state index >= 15 is 0 Å². The van der Waals surface area contributed by atoms with Crippen LogP contribution < -0.4 is 15.4 Å². The van der Waals surface area contributed by atoms with E-state index in [1.165, 1.54) is 6.42 Å². The van der Waals surface area contributed by atoms with E-state index in [0.717, 1.165) is 37.7 Å². The fourth-order valence-electron chi connectivity index (χ4n) is 2.51. The van der Waals surface area contributed by atoms with Gasteiger partial charge in [0.25, 0.3) is 0 Å². The second kappa shape index (κ2) is 14.1. The van der Waals surface area contributed by atoms with Crippen LogP contribution in [0, 0.1) is 0 Å². The molecule has 0 aromatic carbocycles. The molecule has 1 aromatic rings. The summed E-state index contributed by atoms with van der Waals surface area (Å²) >= 11 is 0. The van der Waals surface area contributed by atoms with Crippen LogP contribution in [0.4, 0.5) is 0 Å². The molecule has 1 aromatic heterocycles. The molecule has 0 bridgehead atoms. The molecule has 1 atom stereocenters. The van der Waals surface area contributed by atoms with Gasteiger partial charge in [0, 0.05) is 19.2 Å². The van der Waals surface area contributed by atoms with Crippen LogP contribution in [0.25, 0.3) is 0 Å². The van der Waals surface area contributed by atoms with Crippen molar-refractivity contribution in [3.05, 3.63) is 23.9 Å².